The Bertz CT molecular complexity index is 460. The van der Waals surface area contributed by atoms with Crippen molar-refractivity contribution in [2.24, 2.45) is 5.92 Å². The van der Waals surface area contributed by atoms with E-state index < -0.39 is 12.0 Å². The molecule has 0 bridgehead atoms. The van der Waals surface area contributed by atoms with Gasteiger partial charge in [-0.15, -0.1) is 0 Å². The average Bonchev–Trinajstić information content (AvgIpc) is 2.26. The maximum atomic E-state index is 11.8. The van der Waals surface area contributed by atoms with Crippen LogP contribution in [0, 0.1) is 5.92 Å². The van der Waals surface area contributed by atoms with Gasteiger partial charge in [-0.05, 0) is 17.5 Å². The van der Waals surface area contributed by atoms with E-state index in [4.69, 9.17) is 16.7 Å². The van der Waals surface area contributed by atoms with Crippen molar-refractivity contribution in [1.82, 2.24) is 5.32 Å². The lowest BCUT2D eigenvalue weighted by Gasteiger charge is -2.19. The van der Waals surface area contributed by atoms with Crippen LogP contribution in [0.25, 0.3) is 0 Å². The second-order valence-electron chi connectivity index (χ2n) is 4.84. The SMILES string of the molecule is CC(C)CC(=O)NC(CC(=O)O)c1ccccc1Cl. The summed E-state index contributed by atoms with van der Waals surface area (Å²) < 4.78 is 0. The molecule has 0 aliphatic rings. The standard InChI is InChI=1S/C14H18ClNO3/c1-9(2)7-13(17)16-12(8-14(18)19)10-5-3-4-6-11(10)15/h3-6,9,12H,7-8H2,1-2H3,(H,16,17)(H,18,19). The highest BCUT2D eigenvalue weighted by atomic mass is 35.5. The molecule has 5 heteroatoms. The van der Waals surface area contributed by atoms with Gasteiger partial charge in [0.05, 0.1) is 12.5 Å². The number of nitrogens with one attached hydrogen (secondary N) is 1. The highest BCUT2D eigenvalue weighted by Gasteiger charge is 2.20. The number of aliphatic carboxylic acids is 1. The van der Waals surface area contributed by atoms with Gasteiger partial charge in [0.2, 0.25) is 5.91 Å². The van der Waals surface area contributed by atoms with Crippen LogP contribution in [0.5, 0.6) is 0 Å². The minimum absolute atomic E-state index is 0.166. The van der Waals surface area contributed by atoms with Gasteiger partial charge in [0.25, 0.3) is 0 Å². The molecule has 0 radical (unpaired) electrons. The monoisotopic (exact) mass is 283 g/mol. The molecular formula is C14H18ClNO3. The number of carboxylic acid groups (broad SMARTS) is 1. The van der Waals surface area contributed by atoms with Gasteiger partial charge in [-0.25, -0.2) is 0 Å². The van der Waals surface area contributed by atoms with Gasteiger partial charge in [-0.1, -0.05) is 43.6 Å². The van der Waals surface area contributed by atoms with Crippen LogP contribution in [0.1, 0.15) is 38.3 Å². The van der Waals surface area contributed by atoms with Crippen molar-refractivity contribution in [2.45, 2.75) is 32.7 Å². The quantitative estimate of drug-likeness (QED) is 0.843. The summed E-state index contributed by atoms with van der Waals surface area (Å²) in [5.41, 5.74) is 0.628. The Balaban J connectivity index is 2.86. The molecule has 0 saturated heterocycles. The van der Waals surface area contributed by atoms with Gasteiger partial charge in [0.15, 0.2) is 0 Å². The van der Waals surface area contributed by atoms with Crippen molar-refractivity contribution in [3.63, 3.8) is 0 Å². The van der Waals surface area contributed by atoms with Gasteiger partial charge >= 0.3 is 5.97 Å². The highest BCUT2D eigenvalue weighted by Crippen LogP contribution is 2.25. The molecular weight excluding hydrogens is 266 g/mol. The van der Waals surface area contributed by atoms with Crippen LogP contribution < -0.4 is 5.32 Å². The number of carbonyl (C=O) groups excluding carboxylic acids is 1. The number of hydrogen-bond acceptors (Lipinski definition) is 2. The van der Waals surface area contributed by atoms with Crippen LogP contribution in [0.3, 0.4) is 0 Å². The summed E-state index contributed by atoms with van der Waals surface area (Å²) in [6.07, 6.45) is 0.175. The molecule has 0 heterocycles. The summed E-state index contributed by atoms with van der Waals surface area (Å²) in [5, 5.41) is 12.1. The summed E-state index contributed by atoms with van der Waals surface area (Å²) in [5.74, 6) is -0.923. The molecule has 1 amide bonds. The fourth-order valence-corrected chi connectivity index (χ4v) is 2.06. The fraction of sp³-hybridized carbons (Fsp3) is 0.429. The number of carbonyl (C=O) groups is 2. The van der Waals surface area contributed by atoms with E-state index in [1.54, 1.807) is 24.3 Å². The van der Waals surface area contributed by atoms with Crippen molar-refractivity contribution >= 4 is 23.5 Å². The molecule has 0 aliphatic carbocycles. The van der Waals surface area contributed by atoms with Crippen LogP contribution in [0.2, 0.25) is 5.02 Å². The molecule has 1 aromatic carbocycles. The third-order valence-corrected chi connectivity index (χ3v) is 2.93. The van der Waals surface area contributed by atoms with Crippen molar-refractivity contribution in [2.75, 3.05) is 0 Å². The maximum Gasteiger partial charge on any atom is 0.305 e. The largest absolute Gasteiger partial charge is 0.481 e. The zero-order valence-corrected chi connectivity index (χ0v) is 11.8. The number of hydrogen-bond donors (Lipinski definition) is 2. The predicted octanol–water partition coefficient (Wildman–Crippen LogP) is 3.02. The van der Waals surface area contributed by atoms with E-state index in [-0.39, 0.29) is 18.2 Å². The second-order valence-corrected chi connectivity index (χ2v) is 5.24. The zero-order valence-electron chi connectivity index (χ0n) is 11.0. The van der Waals surface area contributed by atoms with E-state index in [2.05, 4.69) is 5.32 Å². The number of halogens is 1. The first-order chi connectivity index (χ1) is 8.90. The molecule has 0 saturated carbocycles. The number of benzene rings is 1. The Labute approximate surface area is 117 Å². The first kappa shape index (κ1) is 15.5. The van der Waals surface area contributed by atoms with Gasteiger partial charge in [0.1, 0.15) is 0 Å². The molecule has 0 spiro atoms. The lowest BCUT2D eigenvalue weighted by atomic mass is 10.0. The Hall–Kier alpha value is -1.55. The minimum atomic E-state index is -0.977. The van der Waals surface area contributed by atoms with Gasteiger partial charge in [-0.2, -0.15) is 0 Å². The Morgan fingerprint density at radius 2 is 1.89 bits per heavy atom. The van der Waals surface area contributed by atoms with Crippen molar-refractivity contribution in [3.8, 4) is 0 Å². The fourth-order valence-electron chi connectivity index (χ4n) is 1.80. The summed E-state index contributed by atoms with van der Waals surface area (Å²) in [6.45, 7) is 3.86. The topological polar surface area (TPSA) is 66.4 Å². The summed E-state index contributed by atoms with van der Waals surface area (Å²) in [7, 11) is 0. The third kappa shape index (κ3) is 5.30. The average molecular weight is 284 g/mol. The molecule has 0 aliphatic heterocycles. The summed E-state index contributed by atoms with van der Waals surface area (Å²) in [4.78, 5) is 22.7. The van der Waals surface area contributed by atoms with E-state index in [0.29, 0.717) is 17.0 Å². The molecule has 1 atom stereocenters. The van der Waals surface area contributed by atoms with Crippen molar-refractivity contribution < 1.29 is 14.7 Å². The maximum absolute atomic E-state index is 11.8. The van der Waals surface area contributed by atoms with Crippen molar-refractivity contribution in [1.29, 1.82) is 0 Å². The summed E-state index contributed by atoms with van der Waals surface area (Å²) >= 11 is 6.05. The lowest BCUT2D eigenvalue weighted by Crippen LogP contribution is -2.31. The van der Waals surface area contributed by atoms with Crippen LogP contribution in [-0.4, -0.2) is 17.0 Å². The van der Waals surface area contributed by atoms with Crippen molar-refractivity contribution in [3.05, 3.63) is 34.9 Å². The molecule has 0 fully saturated rings. The van der Waals surface area contributed by atoms with Crippen LogP contribution >= 0.6 is 11.6 Å². The zero-order chi connectivity index (χ0) is 14.4. The summed E-state index contributed by atoms with van der Waals surface area (Å²) in [6, 6.07) is 6.34. The first-order valence-corrected chi connectivity index (χ1v) is 6.53. The number of carboxylic acids is 1. The Morgan fingerprint density at radius 1 is 1.26 bits per heavy atom. The highest BCUT2D eigenvalue weighted by molar-refractivity contribution is 6.31. The normalized spacial score (nSPS) is 12.2. The molecule has 104 valence electrons. The van der Waals surface area contributed by atoms with Gasteiger partial charge < -0.3 is 10.4 Å². The Kier molecular flexibility index (Phi) is 5.83. The van der Waals surface area contributed by atoms with Gasteiger partial charge in [0, 0.05) is 11.4 Å². The molecule has 1 rings (SSSR count). The van der Waals surface area contributed by atoms with E-state index in [1.165, 1.54) is 0 Å². The first-order valence-electron chi connectivity index (χ1n) is 6.15. The minimum Gasteiger partial charge on any atom is -0.481 e. The molecule has 1 unspecified atom stereocenters. The van der Waals surface area contributed by atoms with E-state index in [9.17, 15) is 9.59 Å². The predicted molar refractivity (Wildman–Crippen MR) is 74.0 cm³/mol. The molecule has 1 aromatic rings. The smallest absolute Gasteiger partial charge is 0.305 e. The van der Waals surface area contributed by atoms with Crippen LogP contribution in [0.15, 0.2) is 24.3 Å². The third-order valence-electron chi connectivity index (χ3n) is 2.59. The van der Waals surface area contributed by atoms with Crippen LogP contribution in [-0.2, 0) is 9.59 Å². The van der Waals surface area contributed by atoms with E-state index >= 15 is 0 Å². The molecule has 4 nitrogen and oxygen atoms in total. The Morgan fingerprint density at radius 3 is 2.42 bits per heavy atom. The number of rotatable bonds is 6. The van der Waals surface area contributed by atoms with Gasteiger partial charge in [-0.3, -0.25) is 9.59 Å². The van der Waals surface area contributed by atoms with E-state index in [1.807, 2.05) is 13.8 Å². The number of amides is 1. The van der Waals surface area contributed by atoms with Crippen LogP contribution in [0.4, 0.5) is 0 Å². The lowest BCUT2D eigenvalue weighted by molar-refractivity contribution is -0.137. The molecule has 0 aromatic heterocycles. The second kappa shape index (κ2) is 7.14. The molecule has 2 N–H and O–H groups in total. The molecule has 19 heavy (non-hydrogen) atoms. The van der Waals surface area contributed by atoms with E-state index in [0.717, 1.165) is 0 Å².